The third kappa shape index (κ3) is 9.83. The van der Waals surface area contributed by atoms with Crippen molar-refractivity contribution < 1.29 is 32.4 Å². The number of nitrogens with one attached hydrogen (secondary N) is 1. The van der Waals surface area contributed by atoms with Crippen molar-refractivity contribution in [1.82, 2.24) is 10.4 Å². The minimum Gasteiger partial charge on any atom is -0.368 e. The van der Waals surface area contributed by atoms with Gasteiger partial charge in [-0.3, -0.25) is 19.2 Å². The predicted molar refractivity (Wildman–Crippen MR) is 56.2 cm³/mol. The second-order valence-electron chi connectivity index (χ2n) is 3.58. The SMILES string of the molecule is CC(=O)NOCCN(CC(N)=O)C(=O)CC(F)(F)F. The third-order valence-electron chi connectivity index (χ3n) is 1.73. The zero-order valence-electron chi connectivity index (χ0n) is 10.1. The van der Waals surface area contributed by atoms with Gasteiger partial charge in [-0.05, 0) is 0 Å². The van der Waals surface area contributed by atoms with Crippen molar-refractivity contribution >= 4 is 17.7 Å². The van der Waals surface area contributed by atoms with Gasteiger partial charge in [-0.15, -0.1) is 0 Å². The quantitative estimate of drug-likeness (QED) is 0.478. The van der Waals surface area contributed by atoms with Crippen LogP contribution in [-0.4, -0.2) is 48.5 Å². The maximum absolute atomic E-state index is 12.0. The summed E-state index contributed by atoms with van der Waals surface area (Å²) in [5.41, 5.74) is 6.75. The fourth-order valence-corrected chi connectivity index (χ4v) is 1.07. The molecule has 3 amide bonds. The molecule has 0 atom stereocenters. The molecule has 110 valence electrons. The normalized spacial score (nSPS) is 10.9. The van der Waals surface area contributed by atoms with E-state index in [0.717, 1.165) is 6.92 Å². The van der Waals surface area contributed by atoms with Crippen LogP contribution in [0, 0.1) is 0 Å². The molecule has 7 nitrogen and oxygen atoms in total. The topological polar surface area (TPSA) is 102 Å². The molecule has 0 aromatic rings. The van der Waals surface area contributed by atoms with Crippen LogP contribution in [0.15, 0.2) is 0 Å². The number of nitrogens with zero attached hydrogens (tertiary/aromatic N) is 1. The molecule has 0 aliphatic rings. The average Bonchev–Trinajstić information content (AvgIpc) is 2.19. The molecule has 0 saturated carbocycles. The van der Waals surface area contributed by atoms with Crippen molar-refractivity contribution in [2.45, 2.75) is 19.5 Å². The van der Waals surface area contributed by atoms with E-state index < -0.39 is 36.9 Å². The van der Waals surface area contributed by atoms with E-state index in [2.05, 4.69) is 4.84 Å². The van der Waals surface area contributed by atoms with Gasteiger partial charge in [0, 0.05) is 13.5 Å². The van der Waals surface area contributed by atoms with E-state index in [9.17, 15) is 27.6 Å². The van der Waals surface area contributed by atoms with Crippen LogP contribution in [0.2, 0.25) is 0 Å². The summed E-state index contributed by atoms with van der Waals surface area (Å²) in [4.78, 5) is 37.6. The first-order valence-corrected chi connectivity index (χ1v) is 5.13. The molecule has 0 radical (unpaired) electrons. The number of hydrogen-bond donors (Lipinski definition) is 2. The van der Waals surface area contributed by atoms with Crippen LogP contribution in [0.1, 0.15) is 13.3 Å². The summed E-state index contributed by atoms with van der Waals surface area (Å²) in [6.45, 7) is -0.0665. The summed E-state index contributed by atoms with van der Waals surface area (Å²) < 4.78 is 36.1. The molecule has 0 unspecified atom stereocenters. The summed E-state index contributed by atoms with van der Waals surface area (Å²) in [6.07, 6.45) is -6.37. The molecule has 0 aromatic heterocycles. The van der Waals surface area contributed by atoms with Crippen LogP contribution in [0.25, 0.3) is 0 Å². The minimum atomic E-state index is -4.68. The fourth-order valence-electron chi connectivity index (χ4n) is 1.07. The zero-order chi connectivity index (χ0) is 15.1. The Hall–Kier alpha value is -1.84. The molecule has 0 spiro atoms. The van der Waals surface area contributed by atoms with Crippen molar-refractivity contribution in [3.05, 3.63) is 0 Å². The summed E-state index contributed by atoms with van der Waals surface area (Å²) in [6, 6.07) is 0. The van der Waals surface area contributed by atoms with E-state index in [-0.39, 0.29) is 13.2 Å². The van der Waals surface area contributed by atoms with E-state index in [0.29, 0.717) is 4.90 Å². The summed E-state index contributed by atoms with van der Waals surface area (Å²) in [5.74, 6) is -2.75. The molecule has 0 rings (SSSR count). The van der Waals surface area contributed by atoms with Gasteiger partial charge in [0.15, 0.2) is 0 Å². The second-order valence-corrected chi connectivity index (χ2v) is 3.58. The first kappa shape index (κ1) is 17.2. The number of carbonyl (C=O) groups is 3. The number of carbonyl (C=O) groups excluding carboxylic acids is 3. The molecule has 0 bridgehead atoms. The molecular formula is C9H14F3N3O4. The van der Waals surface area contributed by atoms with Gasteiger partial charge >= 0.3 is 6.18 Å². The van der Waals surface area contributed by atoms with Crippen molar-refractivity contribution in [2.75, 3.05) is 19.7 Å². The molecule has 0 saturated heterocycles. The number of primary amides is 1. The Labute approximate surface area is 106 Å². The first-order valence-electron chi connectivity index (χ1n) is 5.13. The molecule has 0 heterocycles. The van der Waals surface area contributed by atoms with E-state index in [1.807, 2.05) is 5.48 Å². The maximum atomic E-state index is 12.0. The Bertz CT molecular complexity index is 346. The Morgan fingerprint density at radius 3 is 2.32 bits per heavy atom. The van der Waals surface area contributed by atoms with E-state index >= 15 is 0 Å². The monoisotopic (exact) mass is 285 g/mol. The number of halogens is 3. The lowest BCUT2D eigenvalue weighted by molar-refractivity contribution is -0.163. The smallest absolute Gasteiger partial charge is 0.368 e. The summed E-state index contributed by atoms with van der Waals surface area (Å²) in [5, 5.41) is 0. The Morgan fingerprint density at radius 1 is 1.32 bits per heavy atom. The van der Waals surface area contributed by atoms with Gasteiger partial charge in [-0.1, -0.05) is 0 Å². The lowest BCUT2D eigenvalue weighted by Crippen LogP contribution is -2.42. The Morgan fingerprint density at radius 2 is 1.89 bits per heavy atom. The molecule has 19 heavy (non-hydrogen) atoms. The van der Waals surface area contributed by atoms with Gasteiger partial charge < -0.3 is 10.6 Å². The average molecular weight is 285 g/mol. The number of nitrogens with two attached hydrogens (primary N) is 1. The summed E-state index contributed by atoms with van der Waals surface area (Å²) in [7, 11) is 0. The molecule has 0 aliphatic heterocycles. The van der Waals surface area contributed by atoms with Crippen LogP contribution >= 0.6 is 0 Å². The number of hydroxylamine groups is 1. The fraction of sp³-hybridized carbons (Fsp3) is 0.667. The van der Waals surface area contributed by atoms with Crippen molar-refractivity contribution in [3.63, 3.8) is 0 Å². The Balaban J connectivity index is 4.33. The van der Waals surface area contributed by atoms with Crippen molar-refractivity contribution in [2.24, 2.45) is 5.73 Å². The lowest BCUT2D eigenvalue weighted by atomic mass is 10.3. The van der Waals surface area contributed by atoms with Gasteiger partial charge in [0.2, 0.25) is 17.7 Å². The highest BCUT2D eigenvalue weighted by Gasteiger charge is 2.33. The first-order chi connectivity index (χ1) is 8.61. The Kier molecular flexibility index (Phi) is 6.83. The zero-order valence-corrected chi connectivity index (χ0v) is 10.1. The number of alkyl halides is 3. The van der Waals surface area contributed by atoms with Crippen molar-refractivity contribution in [3.8, 4) is 0 Å². The van der Waals surface area contributed by atoms with Crippen molar-refractivity contribution in [1.29, 1.82) is 0 Å². The standard InChI is InChI=1S/C9H14F3N3O4/c1-6(16)14-19-3-2-15(5-7(13)17)8(18)4-9(10,11)12/h2-5H2,1H3,(H2,13,17)(H,14,16). The van der Waals surface area contributed by atoms with E-state index in [1.54, 1.807) is 0 Å². The van der Waals surface area contributed by atoms with Gasteiger partial charge in [0.25, 0.3) is 0 Å². The van der Waals surface area contributed by atoms with Crippen LogP contribution in [0.4, 0.5) is 13.2 Å². The second kappa shape index (κ2) is 7.56. The molecule has 3 N–H and O–H groups in total. The highest BCUT2D eigenvalue weighted by molar-refractivity contribution is 5.84. The van der Waals surface area contributed by atoms with Crippen LogP contribution < -0.4 is 11.2 Å². The van der Waals surface area contributed by atoms with Crippen LogP contribution in [-0.2, 0) is 19.2 Å². The highest BCUT2D eigenvalue weighted by atomic mass is 19.4. The van der Waals surface area contributed by atoms with Gasteiger partial charge in [0.1, 0.15) is 6.42 Å². The molecule has 0 aliphatic carbocycles. The summed E-state index contributed by atoms with van der Waals surface area (Å²) >= 11 is 0. The highest BCUT2D eigenvalue weighted by Crippen LogP contribution is 2.20. The van der Waals surface area contributed by atoms with Gasteiger partial charge in [-0.25, -0.2) is 5.48 Å². The maximum Gasteiger partial charge on any atom is 0.397 e. The number of hydrogen-bond acceptors (Lipinski definition) is 4. The third-order valence-corrected chi connectivity index (χ3v) is 1.73. The van der Waals surface area contributed by atoms with E-state index in [1.165, 1.54) is 0 Å². The number of amides is 3. The van der Waals surface area contributed by atoms with Gasteiger partial charge in [0.05, 0.1) is 13.2 Å². The molecular weight excluding hydrogens is 271 g/mol. The molecule has 0 fully saturated rings. The van der Waals surface area contributed by atoms with E-state index in [4.69, 9.17) is 5.73 Å². The molecule has 0 aromatic carbocycles. The minimum absolute atomic E-state index is 0.267. The molecule has 10 heteroatoms. The largest absolute Gasteiger partial charge is 0.397 e. The van der Waals surface area contributed by atoms with Gasteiger partial charge in [-0.2, -0.15) is 13.2 Å². The number of rotatable bonds is 7. The predicted octanol–water partition coefficient (Wildman–Crippen LogP) is -0.680. The van der Waals surface area contributed by atoms with Crippen LogP contribution in [0.5, 0.6) is 0 Å². The lowest BCUT2D eigenvalue weighted by Gasteiger charge is -2.21. The van der Waals surface area contributed by atoms with Crippen LogP contribution in [0.3, 0.4) is 0 Å².